The largest absolute Gasteiger partial charge is 0.449 e. The molecular weight excluding hydrogens is 348 g/mol. The third-order valence-corrected chi connectivity index (χ3v) is 3.33. The Morgan fingerprint density at radius 1 is 1.50 bits per heavy atom. The molecule has 1 amide bonds. The number of esters is 1. The van der Waals surface area contributed by atoms with E-state index in [0.717, 1.165) is 10.0 Å². The highest BCUT2D eigenvalue weighted by molar-refractivity contribution is 9.10. The maximum atomic E-state index is 11.9. The molecule has 5 nitrogen and oxygen atoms in total. The summed E-state index contributed by atoms with van der Waals surface area (Å²) >= 11 is 3.34. The van der Waals surface area contributed by atoms with Gasteiger partial charge < -0.3 is 9.64 Å². The molecule has 0 spiro atoms. The van der Waals surface area contributed by atoms with Crippen LogP contribution in [0, 0.1) is 11.3 Å². The van der Waals surface area contributed by atoms with E-state index in [0.29, 0.717) is 6.54 Å². The van der Waals surface area contributed by atoms with Crippen molar-refractivity contribution in [1.82, 2.24) is 4.90 Å². The molecule has 0 aliphatic rings. The lowest BCUT2D eigenvalue weighted by atomic mass is 10.2. The summed E-state index contributed by atoms with van der Waals surface area (Å²) in [5.41, 5.74) is 0.844. The van der Waals surface area contributed by atoms with Crippen molar-refractivity contribution in [3.8, 4) is 6.07 Å². The number of nitrogens with zero attached hydrogens (tertiary/aromatic N) is 2. The first-order valence-corrected chi connectivity index (χ1v) is 7.49. The number of hydrogen-bond donors (Lipinski definition) is 0. The van der Waals surface area contributed by atoms with E-state index < -0.39 is 12.1 Å². The molecule has 1 atom stereocenters. The number of halogens is 1. The minimum atomic E-state index is -0.886. The number of amides is 1. The maximum Gasteiger partial charge on any atom is 0.331 e. The van der Waals surface area contributed by atoms with Crippen LogP contribution in [0.1, 0.15) is 18.9 Å². The first-order chi connectivity index (χ1) is 10.4. The Balaban J connectivity index is 2.53. The molecule has 6 heteroatoms. The van der Waals surface area contributed by atoms with E-state index in [1.54, 1.807) is 13.1 Å². The maximum absolute atomic E-state index is 11.9. The molecule has 0 heterocycles. The topological polar surface area (TPSA) is 70.4 Å². The second kappa shape index (κ2) is 9.00. The van der Waals surface area contributed by atoms with E-state index in [1.165, 1.54) is 17.9 Å². The number of nitriles is 1. The van der Waals surface area contributed by atoms with E-state index in [2.05, 4.69) is 15.9 Å². The van der Waals surface area contributed by atoms with Crippen molar-refractivity contribution in [3.05, 3.63) is 40.4 Å². The van der Waals surface area contributed by atoms with Crippen molar-refractivity contribution in [2.75, 3.05) is 13.6 Å². The van der Waals surface area contributed by atoms with Crippen molar-refractivity contribution >= 4 is 33.9 Å². The summed E-state index contributed by atoms with van der Waals surface area (Å²) in [6, 6.07) is 9.40. The molecular formula is C16H17BrN2O3. The van der Waals surface area contributed by atoms with Gasteiger partial charge in [0.05, 0.1) is 12.5 Å². The number of rotatable bonds is 6. The van der Waals surface area contributed by atoms with Gasteiger partial charge in [0.2, 0.25) is 0 Å². The lowest BCUT2D eigenvalue weighted by Crippen LogP contribution is -2.37. The van der Waals surface area contributed by atoms with Crippen LogP contribution in [0.2, 0.25) is 0 Å². The molecule has 0 bridgehead atoms. The van der Waals surface area contributed by atoms with E-state index in [9.17, 15) is 9.59 Å². The molecule has 1 aromatic rings. The highest BCUT2D eigenvalue weighted by atomic mass is 79.9. The van der Waals surface area contributed by atoms with E-state index in [1.807, 2.05) is 30.3 Å². The van der Waals surface area contributed by atoms with Gasteiger partial charge in [-0.1, -0.05) is 28.1 Å². The summed E-state index contributed by atoms with van der Waals surface area (Å²) in [6.45, 7) is 1.82. The van der Waals surface area contributed by atoms with Crippen LogP contribution in [0.5, 0.6) is 0 Å². The van der Waals surface area contributed by atoms with Gasteiger partial charge in [0.15, 0.2) is 6.10 Å². The average Bonchev–Trinajstić information content (AvgIpc) is 2.49. The summed E-state index contributed by atoms with van der Waals surface area (Å²) in [6.07, 6.45) is 2.25. The normalized spacial score (nSPS) is 11.7. The summed E-state index contributed by atoms with van der Waals surface area (Å²) < 4.78 is 5.96. The smallest absolute Gasteiger partial charge is 0.331 e. The number of carbonyl (C=O) groups excluding carboxylic acids is 2. The fraction of sp³-hybridized carbons (Fsp3) is 0.312. The molecule has 0 aromatic heterocycles. The van der Waals surface area contributed by atoms with Crippen LogP contribution in [0.15, 0.2) is 34.8 Å². The molecule has 0 fully saturated rings. The number of likely N-dealkylation sites (N-methyl/N-ethyl adjacent to an activating group) is 1. The first kappa shape index (κ1) is 17.9. The number of carbonyl (C=O) groups is 2. The zero-order valence-corrected chi connectivity index (χ0v) is 14.0. The number of benzene rings is 1. The number of hydrogen-bond acceptors (Lipinski definition) is 4. The summed E-state index contributed by atoms with van der Waals surface area (Å²) in [5, 5.41) is 8.49. The van der Waals surface area contributed by atoms with Crippen molar-refractivity contribution in [2.24, 2.45) is 0 Å². The van der Waals surface area contributed by atoms with Crippen molar-refractivity contribution < 1.29 is 14.3 Å². The quantitative estimate of drug-likeness (QED) is 0.574. The Morgan fingerprint density at radius 2 is 2.23 bits per heavy atom. The standard InChI is InChI=1S/C16H17BrN2O3/c1-12(16(21)19(2)10-4-9-18)22-15(20)8-7-13-5-3-6-14(17)11-13/h3,5-8,11-12H,4,10H2,1-2H3/b8-7+/t12-/m1/s1. The summed E-state index contributed by atoms with van der Waals surface area (Å²) in [4.78, 5) is 25.0. The summed E-state index contributed by atoms with van der Waals surface area (Å²) in [7, 11) is 1.57. The molecule has 116 valence electrons. The Labute approximate surface area is 138 Å². The van der Waals surface area contributed by atoms with Gasteiger partial charge in [0.25, 0.3) is 5.91 Å². The molecule has 0 aliphatic carbocycles. The predicted molar refractivity (Wildman–Crippen MR) is 86.6 cm³/mol. The van der Waals surface area contributed by atoms with Crippen LogP contribution in [0.25, 0.3) is 6.08 Å². The second-order valence-corrected chi connectivity index (χ2v) is 5.55. The van der Waals surface area contributed by atoms with E-state index in [4.69, 9.17) is 10.00 Å². The predicted octanol–water partition coefficient (Wildman–Crippen LogP) is 2.77. The zero-order chi connectivity index (χ0) is 16.5. The van der Waals surface area contributed by atoms with Gasteiger partial charge in [-0.3, -0.25) is 4.79 Å². The van der Waals surface area contributed by atoms with Crippen LogP contribution < -0.4 is 0 Å². The van der Waals surface area contributed by atoms with Crippen LogP contribution in [-0.4, -0.2) is 36.5 Å². The van der Waals surface area contributed by atoms with Gasteiger partial charge in [-0.2, -0.15) is 5.26 Å². The Hall–Kier alpha value is -2.13. The minimum Gasteiger partial charge on any atom is -0.449 e. The second-order valence-electron chi connectivity index (χ2n) is 4.64. The van der Waals surface area contributed by atoms with Gasteiger partial charge in [-0.25, -0.2) is 4.79 Å². The van der Waals surface area contributed by atoms with Crippen LogP contribution in [0.3, 0.4) is 0 Å². The average molecular weight is 365 g/mol. The lowest BCUT2D eigenvalue weighted by Gasteiger charge is -2.19. The molecule has 0 unspecified atom stereocenters. The fourth-order valence-electron chi connectivity index (χ4n) is 1.68. The molecule has 0 N–H and O–H groups in total. The molecule has 1 aromatic carbocycles. The minimum absolute atomic E-state index is 0.242. The Bertz CT molecular complexity index is 608. The highest BCUT2D eigenvalue weighted by Crippen LogP contribution is 2.12. The SMILES string of the molecule is C[C@@H](OC(=O)/C=C/c1cccc(Br)c1)C(=O)N(C)CCC#N. The Morgan fingerprint density at radius 3 is 2.86 bits per heavy atom. The highest BCUT2D eigenvalue weighted by Gasteiger charge is 2.20. The lowest BCUT2D eigenvalue weighted by molar-refractivity contribution is -0.154. The monoisotopic (exact) mass is 364 g/mol. The molecule has 0 aliphatic heterocycles. The van der Waals surface area contributed by atoms with Crippen LogP contribution in [-0.2, 0) is 14.3 Å². The molecule has 0 saturated carbocycles. The van der Waals surface area contributed by atoms with Gasteiger partial charge in [-0.05, 0) is 30.7 Å². The van der Waals surface area contributed by atoms with Crippen molar-refractivity contribution in [1.29, 1.82) is 5.26 Å². The molecule has 0 radical (unpaired) electrons. The van der Waals surface area contributed by atoms with E-state index in [-0.39, 0.29) is 12.3 Å². The number of ether oxygens (including phenoxy) is 1. The molecule has 1 rings (SSSR count). The third kappa shape index (κ3) is 6.10. The first-order valence-electron chi connectivity index (χ1n) is 6.70. The van der Waals surface area contributed by atoms with E-state index >= 15 is 0 Å². The van der Waals surface area contributed by atoms with Gasteiger partial charge in [-0.15, -0.1) is 0 Å². The summed E-state index contributed by atoms with van der Waals surface area (Å²) in [5.74, 6) is -0.922. The zero-order valence-electron chi connectivity index (χ0n) is 12.5. The van der Waals surface area contributed by atoms with Crippen LogP contribution >= 0.6 is 15.9 Å². The third-order valence-electron chi connectivity index (χ3n) is 2.84. The van der Waals surface area contributed by atoms with Crippen molar-refractivity contribution in [3.63, 3.8) is 0 Å². The van der Waals surface area contributed by atoms with Crippen molar-refractivity contribution in [2.45, 2.75) is 19.4 Å². The molecule has 0 saturated heterocycles. The molecule has 22 heavy (non-hydrogen) atoms. The fourth-order valence-corrected chi connectivity index (χ4v) is 2.09. The van der Waals surface area contributed by atoms with Gasteiger partial charge in [0, 0.05) is 24.1 Å². The Kier molecular flexibility index (Phi) is 7.33. The van der Waals surface area contributed by atoms with Crippen LogP contribution in [0.4, 0.5) is 0 Å². The van der Waals surface area contributed by atoms with Gasteiger partial charge >= 0.3 is 5.97 Å². The van der Waals surface area contributed by atoms with Gasteiger partial charge in [0.1, 0.15) is 0 Å².